The summed E-state index contributed by atoms with van der Waals surface area (Å²) in [6.07, 6.45) is 1.77. The number of thioether (sulfide) groups is 1. The lowest BCUT2D eigenvalue weighted by Gasteiger charge is -2.14. The van der Waals surface area contributed by atoms with E-state index >= 15 is 0 Å². The lowest BCUT2D eigenvalue weighted by molar-refractivity contribution is -0.150. The molecule has 0 spiro atoms. The minimum absolute atomic E-state index is 0.0232. The Bertz CT molecular complexity index is 742. The van der Waals surface area contributed by atoms with Crippen LogP contribution in [0.1, 0.15) is 25.8 Å². The molecule has 0 aromatic heterocycles. The number of nitrogens with zero attached hydrogens (tertiary/aromatic N) is 1. The highest BCUT2D eigenvalue weighted by atomic mass is 35.5. The molecule has 1 aliphatic heterocycles. The predicted molar refractivity (Wildman–Crippen MR) is 96.6 cm³/mol. The number of hydrogen-bond acceptors (Lipinski definition) is 6. The van der Waals surface area contributed by atoms with E-state index < -0.39 is 23.7 Å². The molecule has 9 heteroatoms. The first-order chi connectivity index (χ1) is 11.7. The van der Waals surface area contributed by atoms with Crippen LogP contribution in [0.25, 0.3) is 6.08 Å². The lowest BCUT2D eigenvalue weighted by Crippen LogP contribution is -2.35. The maximum absolute atomic E-state index is 12.3. The molecule has 2 amide bonds. The van der Waals surface area contributed by atoms with Crippen LogP contribution in [0.15, 0.2) is 17.0 Å². The lowest BCUT2D eigenvalue weighted by atomic mass is 10.2. The molecule has 134 valence electrons. The number of hydrogen-bond donors (Lipinski definition) is 1. The second-order valence-electron chi connectivity index (χ2n) is 5.31. The standard InChI is InChI=1S/C16H15Cl2NO5S/c1-3-8(2)24-13(20)7-19-15(22)12(25-16(19)23)6-9-4-10(17)14(21)11(18)5-9/h4-6,8,21H,3,7H2,1-2H3/b12-6-/t8-/m0/s1. The largest absolute Gasteiger partial charge is 0.505 e. The molecule has 1 aromatic rings. The summed E-state index contributed by atoms with van der Waals surface area (Å²) >= 11 is 12.4. The molecule has 1 aliphatic rings. The number of halogens is 2. The number of rotatable bonds is 5. The molecule has 0 unspecified atom stereocenters. The van der Waals surface area contributed by atoms with E-state index in [1.807, 2.05) is 6.92 Å². The number of carbonyl (C=O) groups excluding carboxylic acids is 3. The smallest absolute Gasteiger partial charge is 0.326 e. The topological polar surface area (TPSA) is 83.9 Å². The Hall–Kier alpha value is -1.70. The van der Waals surface area contributed by atoms with Crippen LogP contribution in [0.4, 0.5) is 4.79 Å². The van der Waals surface area contributed by atoms with Crippen molar-refractivity contribution in [3.05, 3.63) is 32.6 Å². The fourth-order valence-corrected chi connectivity index (χ4v) is 3.27. The molecule has 0 bridgehead atoms. The van der Waals surface area contributed by atoms with Crippen molar-refractivity contribution in [2.24, 2.45) is 0 Å². The summed E-state index contributed by atoms with van der Waals surface area (Å²) in [5.74, 6) is -1.51. The van der Waals surface area contributed by atoms with Gasteiger partial charge in [-0.2, -0.15) is 0 Å². The van der Waals surface area contributed by atoms with Crippen molar-refractivity contribution in [3.8, 4) is 5.75 Å². The van der Waals surface area contributed by atoms with Gasteiger partial charge in [-0.1, -0.05) is 30.1 Å². The average molecular weight is 404 g/mol. The molecule has 25 heavy (non-hydrogen) atoms. The van der Waals surface area contributed by atoms with E-state index in [9.17, 15) is 19.5 Å². The number of phenols is 1. The van der Waals surface area contributed by atoms with Crippen LogP contribution in [0.2, 0.25) is 10.0 Å². The van der Waals surface area contributed by atoms with Gasteiger partial charge in [0.25, 0.3) is 11.1 Å². The van der Waals surface area contributed by atoms with Crippen LogP contribution in [0.3, 0.4) is 0 Å². The number of imide groups is 1. The third kappa shape index (κ3) is 4.68. The van der Waals surface area contributed by atoms with Crippen LogP contribution in [-0.2, 0) is 14.3 Å². The third-order valence-corrected chi connectivity index (χ3v) is 4.89. The SMILES string of the molecule is CC[C@H](C)OC(=O)CN1C(=O)S/C(=C\c2cc(Cl)c(O)c(Cl)c2)C1=O. The van der Waals surface area contributed by atoms with Crippen molar-refractivity contribution < 1.29 is 24.2 Å². The summed E-state index contributed by atoms with van der Waals surface area (Å²) in [6.45, 7) is 3.14. The van der Waals surface area contributed by atoms with E-state index in [-0.39, 0.29) is 26.8 Å². The Morgan fingerprint density at radius 3 is 2.52 bits per heavy atom. The molecule has 1 heterocycles. The molecular formula is C16H15Cl2NO5S. The van der Waals surface area contributed by atoms with Gasteiger partial charge >= 0.3 is 5.97 Å². The number of aromatic hydroxyl groups is 1. The zero-order valence-electron chi connectivity index (χ0n) is 13.4. The molecule has 1 fully saturated rings. The average Bonchev–Trinajstić information content (AvgIpc) is 2.79. The summed E-state index contributed by atoms with van der Waals surface area (Å²) < 4.78 is 5.08. The first-order valence-corrected chi connectivity index (χ1v) is 8.93. The van der Waals surface area contributed by atoms with Crippen molar-refractivity contribution in [2.75, 3.05) is 6.54 Å². The summed E-state index contributed by atoms with van der Waals surface area (Å²) in [5.41, 5.74) is 0.445. The number of ether oxygens (including phenoxy) is 1. The minimum Gasteiger partial charge on any atom is -0.505 e. The van der Waals surface area contributed by atoms with Gasteiger partial charge in [-0.15, -0.1) is 0 Å². The molecule has 0 aliphatic carbocycles. The van der Waals surface area contributed by atoms with Crippen molar-refractivity contribution in [1.29, 1.82) is 0 Å². The van der Waals surface area contributed by atoms with Crippen LogP contribution in [-0.4, -0.2) is 39.8 Å². The first kappa shape index (κ1) is 19.6. The summed E-state index contributed by atoms with van der Waals surface area (Å²) in [6, 6.07) is 2.82. The van der Waals surface area contributed by atoms with Crippen LogP contribution < -0.4 is 0 Å². The van der Waals surface area contributed by atoms with Crippen molar-refractivity contribution in [2.45, 2.75) is 26.4 Å². The highest BCUT2D eigenvalue weighted by Crippen LogP contribution is 2.36. The van der Waals surface area contributed by atoms with Crippen LogP contribution >= 0.6 is 35.0 Å². The molecule has 2 rings (SSSR count). The maximum atomic E-state index is 12.3. The van der Waals surface area contributed by atoms with Gasteiger partial charge in [0.15, 0.2) is 5.75 Å². The van der Waals surface area contributed by atoms with Crippen LogP contribution in [0, 0.1) is 0 Å². The van der Waals surface area contributed by atoms with Crippen molar-refractivity contribution in [1.82, 2.24) is 4.90 Å². The Balaban J connectivity index is 2.16. The molecule has 0 saturated carbocycles. The Kier molecular flexibility index (Phi) is 6.37. The van der Waals surface area contributed by atoms with Crippen molar-refractivity contribution >= 4 is 58.2 Å². The first-order valence-electron chi connectivity index (χ1n) is 7.35. The van der Waals surface area contributed by atoms with Gasteiger partial charge in [0.2, 0.25) is 0 Å². The molecule has 6 nitrogen and oxygen atoms in total. The van der Waals surface area contributed by atoms with Gasteiger partial charge in [0.05, 0.1) is 21.1 Å². The Labute approximate surface area is 158 Å². The number of amides is 2. The summed E-state index contributed by atoms with van der Waals surface area (Å²) in [5, 5.41) is 9.03. The minimum atomic E-state index is -0.645. The third-order valence-electron chi connectivity index (χ3n) is 3.41. The predicted octanol–water partition coefficient (Wildman–Crippen LogP) is 4.08. The Morgan fingerprint density at radius 1 is 1.36 bits per heavy atom. The maximum Gasteiger partial charge on any atom is 0.326 e. The number of esters is 1. The highest BCUT2D eigenvalue weighted by molar-refractivity contribution is 8.18. The normalized spacial score (nSPS) is 17.3. The number of benzene rings is 1. The molecule has 0 radical (unpaired) electrons. The zero-order valence-corrected chi connectivity index (χ0v) is 15.7. The van der Waals surface area contributed by atoms with E-state index in [0.717, 1.165) is 4.90 Å². The van der Waals surface area contributed by atoms with E-state index in [0.29, 0.717) is 23.7 Å². The summed E-state index contributed by atoms with van der Waals surface area (Å²) in [4.78, 5) is 37.1. The number of phenolic OH excluding ortho intramolecular Hbond substituents is 1. The van der Waals surface area contributed by atoms with E-state index in [1.165, 1.54) is 18.2 Å². The van der Waals surface area contributed by atoms with Crippen molar-refractivity contribution in [3.63, 3.8) is 0 Å². The Morgan fingerprint density at radius 2 is 1.96 bits per heavy atom. The fraction of sp³-hybridized carbons (Fsp3) is 0.312. The second kappa shape index (κ2) is 8.12. The molecule has 1 atom stereocenters. The molecule has 1 N–H and O–H groups in total. The zero-order chi connectivity index (χ0) is 18.7. The van der Waals surface area contributed by atoms with E-state index in [1.54, 1.807) is 6.92 Å². The van der Waals surface area contributed by atoms with Gasteiger partial charge in [-0.25, -0.2) is 0 Å². The number of carbonyl (C=O) groups is 3. The summed E-state index contributed by atoms with van der Waals surface area (Å²) in [7, 11) is 0. The monoisotopic (exact) mass is 403 g/mol. The van der Waals surface area contributed by atoms with E-state index in [2.05, 4.69) is 0 Å². The molecule has 1 aromatic carbocycles. The molecular weight excluding hydrogens is 389 g/mol. The van der Waals surface area contributed by atoms with Gasteiger partial charge in [0, 0.05) is 0 Å². The van der Waals surface area contributed by atoms with Gasteiger partial charge in [-0.05, 0) is 48.9 Å². The van der Waals surface area contributed by atoms with Gasteiger partial charge in [-0.3, -0.25) is 19.3 Å². The van der Waals surface area contributed by atoms with E-state index in [4.69, 9.17) is 27.9 Å². The quantitative estimate of drug-likeness (QED) is 0.588. The molecule has 1 saturated heterocycles. The van der Waals surface area contributed by atoms with Gasteiger partial charge in [0.1, 0.15) is 6.54 Å². The highest BCUT2D eigenvalue weighted by Gasteiger charge is 2.36. The van der Waals surface area contributed by atoms with Gasteiger partial charge < -0.3 is 9.84 Å². The van der Waals surface area contributed by atoms with Crippen LogP contribution in [0.5, 0.6) is 5.75 Å². The second-order valence-corrected chi connectivity index (χ2v) is 7.12. The fourth-order valence-electron chi connectivity index (χ4n) is 1.93.